The Morgan fingerprint density at radius 2 is 1.81 bits per heavy atom. The van der Waals surface area contributed by atoms with Gasteiger partial charge in [-0.05, 0) is 55.5 Å². The third-order valence-electron chi connectivity index (χ3n) is 5.58. The number of H-pyrrole nitrogens is 1. The quantitative estimate of drug-likeness (QED) is 0.322. The van der Waals surface area contributed by atoms with Crippen LogP contribution in [0.3, 0.4) is 0 Å². The Labute approximate surface area is 206 Å². The van der Waals surface area contributed by atoms with E-state index in [1.807, 2.05) is 66.7 Å². The lowest BCUT2D eigenvalue weighted by Gasteiger charge is -2.09. The van der Waals surface area contributed by atoms with Crippen LogP contribution in [0.1, 0.15) is 11.5 Å². The van der Waals surface area contributed by atoms with Crippen LogP contribution in [0.25, 0.3) is 34.1 Å². The van der Waals surface area contributed by atoms with Crippen LogP contribution in [0.5, 0.6) is 17.2 Å². The van der Waals surface area contributed by atoms with Crippen molar-refractivity contribution in [2.75, 3.05) is 7.11 Å². The van der Waals surface area contributed by atoms with E-state index < -0.39 is 11.2 Å². The summed E-state index contributed by atoms with van der Waals surface area (Å²) in [6, 6.07) is 21.7. The van der Waals surface area contributed by atoms with Gasteiger partial charge in [0.1, 0.15) is 41.1 Å². The number of aromatic nitrogens is 3. The molecule has 8 nitrogen and oxygen atoms in total. The van der Waals surface area contributed by atoms with Gasteiger partial charge in [0, 0.05) is 17.8 Å². The van der Waals surface area contributed by atoms with Gasteiger partial charge in [-0.3, -0.25) is 9.78 Å². The Balaban J connectivity index is 1.63. The zero-order valence-electron chi connectivity index (χ0n) is 19.7. The van der Waals surface area contributed by atoms with Crippen LogP contribution in [0.2, 0.25) is 0 Å². The van der Waals surface area contributed by atoms with E-state index in [9.17, 15) is 9.90 Å². The van der Waals surface area contributed by atoms with Crippen LogP contribution in [-0.4, -0.2) is 27.2 Å². The van der Waals surface area contributed by atoms with Crippen molar-refractivity contribution in [2.24, 2.45) is 0 Å². The molecule has 8 heteroatoms. The number of aromatic amines is 1. The summed E-state index contributed by atoms with van der Waals surface area (Å²) in [6.45, 7) is 1.93. The molecule has 3 aromatic heterocycles. The van der Waals surface area contributed by atoms with Gasteiger partial charge in [-0.15, -0.1) is 0 Å². The number of aromatic hydroxyl groups is 1. The van der Waals surface area contributed by atoms with Gasteiger partial charge in [-0.2, -0.15) is 0 Å². The summed E-state index contributed by atoms with van der Waals surface area (Å²) in [5.74, 6) is 1.65. The summed E-state index contributed by atoms with van der Waals surface area (Å²) in [6.07, 6.45) is 1.71. The van der Waals surface area contributed by atoms with Crippen LogP contribution in [0, 0.1) is 6.92 Å². The molecule has 0 saturated carbocycles. The molecule has 0 saturated heterocycles. The van der Waals surface area contributed by atoms with E-state index in [1.54, 1.807) is 20.2 Å². The normalized spacial score (nSPS) is 10.8. The Morgan fingerprint density at radius 1 is 1.03 bits per heavy atom. The Hall–Kier alpha value is -4.85. The number of benzene rings is 2. The second-order valence-electron chi connectivity index (χ2n) is 8.04. The van der Waals surface area contributed by atoms with E-state index in [4.69, 9.17) is 18.9 Å². The van der Waals surface area contributed by atoms with Gasteiger partial charge in [0.15, 0.2) is 5.76 Å². The number of nitrogens with one attached hydrogen (secondary N) is 1. The lowest BCUT2D eigenvalue weighted by Crippen LogP contribution is -2.01. The lowest BCUT2D eigenvalue weighted by atomic mass is 10.1. The molecule has 0 aliphatic rings. The van der Waals surface area contributed by atoms with Crippen molar-refractivity contribution in [1.82, 2.24) is 15.0 Å². The van der Waals surface area contributed by atoms with Gasteiger partial charge in [-0.25, -0.2) is 4.98 Å². The Kier molecular flexibility index (Phi) is 6.23. The average molecular weight is 482 g/mol. The zero-order valence-corrected chi connectivity index (χ0v) is 19.7. The molecular formula is C28H23N3O5. The Morgan fingerprint density at radius 3 is 2.56 bits per heavy atom. The first-order chi connectivity index (χ1) is 17.5. The number of hydrogen-bond acceptors (Lipinski definition) is 7. The number of nitrogens with zero attached hydrogens (tertiary/aromatic N) is 2. The number of rotatable bonds is 7. The van der Waals surface area contributed by atoms with E-state index in [2.05, 4.69) is 9.97 Å². The number of pyridine rings is 1. The molecule has 36 heavy (non-hydrogen) atoms. The van der Waals surface area contributed by atoms with Gasteiger partial charge in [-0.1, -0.05) is 18.2 Å². The zero-order chi connectivity index (χ0) is 25.1. The van der Waals surface area contributed by atoms with Gasteiger partial charge in [0.2, 0.25) is 11.2 Å². The highest BCUT2D eigenvalue weighted by Gasteiger charge is 2.23. The topological polar surface area (TPSA) is 110 Å². The fourth-order valence-electron chi connectivity index (χ4n) is 3.82. The van der Waals surface area contributed by atoms with Crippen LogP contribution >= 0.6 is 0 Å². The summed E-state index contributed by atoms with van der Waals surface area (Å²) in [5, 5.41) is 10.6. The van der Waals surface area contributed by atoms with E-state index in [0.29, 0.717) is 40.0 Å². The predicted molar refractivity (Wildman–Crippen MR) is 135 cm³/mol. The van der Waals surface area contributed by atoms with E-state index in [0.717, 1.165) is 11.3 Å². The number of imidazole rings is 1. The van der Waals surface area contributed by atoms with Gasteiger partial charge >= 0.3 is 0 Å². The average Bonchev–Trinajstić information content (AvgIpc) is 3.35. The molecule has 5 rings (SSSR count). The maximum Gasteiger partial charge on any atom is 0.227 e. The SMILES string of the molecule is COc1ccc(-c2nc(-c3ccccc3OCc3ccccn3)[nH]c2-c2oc(C)cc(=O)c2O)cc1. The summed E-state index contributed by atoms with van der Waals surface area (Å²) in [5.41, 5.74) is 2.55. The number of para-hydroxylation sites is 1. The minimum absolute atomic E-state index is 0.0106. The minimum atomic E-state index is -0.537. The molecule has 0 aliphatic heterocycles. The molecule has 0 fully saturated rings. The van der Waals surface area contributed by atoms with Crippen LogP contribution in [-0.2, 0) is 6.61 Å². The van der Waals surface area contributed by atoms with Crippen molar-refractivity contribution in [2.45, 2.75) is 13.5 Å². The molecule has 2 aromatic carbocycles. The highest BCUT2D eigenvalue weighted by molar-refractivity contribution is 5.82. The smallest absolute Gasteiger partial charge is 0.227 e. The molecule has 0 unspecified atom stereocenters. The van der Waals surface area contributed by atoms with Gasteiger partial charge < -0.3 is 24.0 Å². The molecule has 5 aromatic rings. The predicted octanol–water partition coefficient (Wildman–Crippen LogP) is 5.36. The van der Waals surface area contributed by atoms with Crippen molar-refractivity contribution in [3.05, 3.63) is 101 Å². The second kappa shape index (κ2) is 9.79. The molecule has 0 atom stereocenters. The van der Waals surface area contributed by atoms with E-state index in [-0.39, 0.29) is 12.4 Å². The summed E-state index contributed by atoms with van der Waals surface area (Å²) >= 11 is 0. The maximum atomic E-state index is 12.3. The maximum absolute atomic E-state index is 12.3. The van der Waals surface area contributed by atoms with E-state index >= 15 is 0 Å². The highest BCUT2D eigenvalue weighted by Crippen LogP contribution is 2.38. The summed E-state index contributed by atoms with van der Waals surface area (Å²) < 4.78 is 17.1. The van der Waals surface area contributed by atoms with Gasteiger partial charge in [0.05, 0.1) is 18.4 Å². The number of hydrogen-bond donors (Lipinski definition) is 2. The monoisotopic (exact) mass is 481 g/mol. The third-order valence-corrected chi connectivity index (χ3v) is 5.58. The van der Waals surface area contributed by atoms with E-state index in [1.165, 1.54) is 6.07 Å². The van der Waals surface area contributed by atoms with Crippen molar-refractivity contribution >= 4 is 0 Å². The highest BCUT2D eigenvalue weighted by atomic mass is 16.5. The molecule has 2 N–H and O–H groups in total. The second-order valence-corrected chi connectivity index (χ2v) is 8.04. The van der Waals surface area contributed by atoms with Gasteiger partial charge in [0.25, 0.3) is 0 Å². The summed E-state index contributed by atoms with van der Waals surface area (Å²) in [4.78, 5) is 24.7. The fraction of sp³-hybridized carbons (Fsp3) is 0.107. The molecule has 3 heterocycles. The minimum Gasteiger partial charge on any atom is -0.501 e. The third kappa shape index (κ3) is 4.56. The molecular weight excluding hydrogens is 458 g/mol. The lowest BCUT2D eigenvalue weighted by molar-refractivity contribution is 0.302. The first-order valence-electron chi connectivity index (χ1n) is 11.2. The first kappa shape index (κ1) is 22.9. The van der Waals surface area contributed by atoms with Crippen LogP contribution in [0.15, 0.2) is 88.2 Å². The number of ether oxygens (including phenoxy) is 2. The van der Waals surface area contributed by atoms with Crippen LogP contribution in [0.4, 0.5) is 0 Å². The number of aryl methyl sites for hydroxylation is 1. The molecule has 0 spiro atoms. The molecule has 0 bridgehead atoms. The fourth-order valence-corrected chi connectivity index (χ4v) is 3.82. The molecule has 0 aliphatic carbocycles. The van der Waals surface area contributed by atoms with Crippen molar-refractivity contribution in [3.63, 3.8) is 0 Å². The van der Waals surface area contributed by atoms with Crippen molar-refractivity contribution in [3.8, 4) is 51.3 Å². The largest absolute Gasteiger partial charge is 0.501 e. The molecule has 180 valence electrons. The standard InChI is InChI=1S/C28H23N3O5/c1-17-15-22(32)26(33)27(36-17)25-24(18-10-12-20(34-2)13-11-18)30-28(31-25)21-8-3-4-9-23(21)35-16-19-7-5-6-14-29-19/h3-15,33H,16H2,1-2H3,(H,30,31). The Bertz CT molecular complexity index is 1560. The summed E-state index contributed by atoms with van der Waals surface area (Å²) in [7, 11) is 1.59. The number of methoxy groups -OCH3 is 1. The van der Waals surface area contributed by atoms with Crippen molar-refractivity contribution < 1.29 is 19.0 Å². The van der Waals surface area contributed by atoms with Crippen molar-refractivity contribution in [1.29, 1.82) is 0 Å². The molecule has 0 amide bonds. The van der Waals surface area contributed by atoms with Crippen LogP contribution < -0.4 is 14.9 Å². The molecule has 0 radical (unpaired) electrons. The first-order valence-corrected chi connectivity index (χ1v) is 11.2.